The van der Waals surface area contributed by atoms with Gasteiger partial charge in [0.05, 0.1) is 22.2 Å². The molecule has 4 unspecified atom stereocenters. The minimum absolute atomic E-state index is 0.144. The number of piperidine rings is 1. The molecule has 4 atom stereocenters. The van der Waals surface area contributed by atoms with Gasteiger partial charge in [-0.05, 0) is 29.8 Å². The Bertz CT molecular complexity index is 1440. The van der Waals surface area contributed by atoms with E-state index in [1.54, 1.807) is 30.1 Å². The maximum atomic E-state index is 15.1. The van der Waals surface area contributed by atoms with Crippen LogP contribution in [0, 0.1) is 29.4 Å². The second kappa shape index (κ2) is 10.3. The van der Waals surface area contributed by atoms with Gasteiger partial charge >= 0.3 is 0 Å². The van der Waals surface area contributed by atoms with Crippen molar-refractivity contribution in [1.82, 2.24) is 19.7 Å². The Hall–Kier alpha value is -3.37. The monoisotopic (exact) mass is 557 g/mol. The number of likely N-dealkylation sites (tertiary alicyclic amines) is 1. The molecule has 4 heterocycles. The molecular formula is C28H30ClF2N5O3. The van der Waals surface area contributed by atoms with Crippen molar-refractivity contribution in [3.05, 3.63) is 86.9 Å². The lowest BCUT2D eigenvalue weighted by Gasteiger charge is -2.48. The van der Waals surface area contributed by atoms with E-state index < -0.39 is 23.3 Å². The fourth-order valence-corrected chi connectivity index (χ4v) is 6.22. The maximum Gasteiger partial charge on any atom is 0.266 e. The van der Waals surface area contributed by atoms with Crippen LogP contribution in [0.15, 0.2) is 53.5 Å². The molecule has 0 radical (unpaired) electrons. The molecule has 2 aliphatic rings. The number of aliphatic hydroxyl groups is 1. The zero-order chi connectivity index (χ0) is 28.1. The van der Waals surface area contributed by atoms with Crippen molar-refractivity contribution >= 4 is 23.3 Å². The molecule has 0 spiro atoms. The van der Waals surface area contributed by atoms with Gasteiger partial charge in [0.15, 0.2) is 0 Å². The number of halogens is 3. The number of pyridine rings is 1. The molecular weight excluding hydrogens is 528 g/mol. The van der Waals surface area contributed by atoms with Crippen LogP contribution in [0.2, 0.25) is 5.02 Å². The third kappa shape index (κ3) is 4.91. The lowest BCUT2D eigenvalue weighted by Crippen LogP contribution is -2.57. The third-order valence-electron chi connectivity index (χ3n) is 8.20. The number of amides is 1. The Morgan fingerprint density at radius 1 is 1.05 bits per heavy atom. The summed E-state index contributed by atoms with van der Waals surface area (Å²) in [5.41, 5.74) is -0.758. The second-order valence-electron chi connectivity index (χ2n) is 10.7. The first-order valence-electron chi connectivity index (χ1n) is 12.9. The van der Waals surface area contributed by atoms with Crippen LogP contribution in [0.4, 0.5) is 14.6 Å². The van der Waals surface area contributed by atoms with Crippen molar-refractivity contribution in [1.29, 1.82) is 0 Å². The van der Waals surface area contributed by atoms with Crippen molar-refractivity contribution in [2.75, 3.05) is 31.1 Å². The van der Waals surface area contributed by atoms with E-state index in [1.807, 2.05) is 18.7 Å². The van der Waals surface area contributed by atoms with Gasteiger partial charge in [-0.2, -0.15) is 5.10 Å². The van der Waals surface area contributed by atoms with Crippen molar-refractivity contribution in [3.63, 3.8) is 0 Å². The predicted molar refractivity (Wildman–Crippen MR) is 142 cm³/mol. The standard InChI is InChI=1S/C28H30ClF2N5O3/c1-16-12-36(13-17(2)28(16,39)18-4-6-20(30)7-5-18)27(38)22-15-35(24-8-9-25(37)34(3)33-24)14-21(22)26-23(31)10-19(29)11-32-26/h4-11,16-17,21-22,39H,12-15H2,1-3H3. The molecule has 0 aliphatic carbocycles. The molecule has 8 nitrogen and oxygen atoms in total. The van der Waals surface area contributed by atoms with Gasteiger partial charge in [-0.25, -0.2) is 13.5 Å². The van der Waals surface area contributed by atoms with E-state index in [0.717, 1.165) is 0 Å². The van der Waals surface area contributed by atoms with Crippen molar-refractivity contribution in [2.24, 2.45) is 24.8 Å². The van der Waals surface area contributed by atoms with Crippen LogP contribution < -0.4 is 10.5 Å². The Labute approximate surface area is 229 Å². The summed E-state index contributed by atoms with van der Waals surface area (Å²) in [4.78, 5) is 33.8. The van der Waals surface area contributed by atoms with Crippen LogP contribution in [-0.4, -0.2) is 56.9 Å². The summed E-state index contributed by atoms with van der Waals surface area (Å²) >= 11 is 5.94. The van der Waals surface area contributed by atoms with Gasteiger partial charge in [-0.15, -0.1) is 0 Å². The lowest BCUT2D eigenvalue weighted by atomic mass is 9.70. The number of rotatable bonds is 4. The highest BCUT2D eigenvalue weighted by Crippen LogP contribution is 2.43. The van der Waals surface area contributed by atoms with Crippen molar-refractivity contribution < 1.29 is 18.7 Å². The van der Waals surface area contributed by atoms with E-state index >= 15 is 4.39 Å². The van der Waals surface area contributed by atoms with Crippen LogP contribution in [0.5, 0.6) is 0 Å². The Morgan fingerprint density at radius 3 is 2.33 bits per heavy atom. The van der Waals surface area contributed by atoms with Gasteiger partial charge in [0.25, 0.3) is 5.56 Å². The number of anilines is 1. The normalized spacial score (nSPS) is 27.2. The van der Waals surface area contributed by atoms with Crippen molar-refractivity contribution in [3.8, 4) is 0 Å². The molecule has 2 aromatic heterocycles. The zero-order valence-corrected chi connectivity index (χ0v) is 22.6. The lowest BCUT2D eigenvalue weighted by molar-refractivity contribution is -0.152. The second-order valence-corrected chi connectivity index (χ2v) is 11.1. The highest BCUT2D eigenvalue weighted by Gasteiger charge is 2.49. The van der Waals surface area contributed by atoms with E-state index in [9.17, 15) is 19.1 Å². The Kier molecular flexibility index (Phi) is 7.19. The van der Waals surface area contributed by atoms with Crippen LogP contribution >= 0.6 is 11.6 Å². The molecule has 1 N–H and O–H groups in total. The van der Waals surface area contributed by atoms with E-state index in [1.165, 1.54) is 35.1 Å². The minimum atomic E-state index is -1.24. The summed E-state index contributed by atoms with van der Waals surface area (Å²) in [6.07, 6.45) is 1.36. The van der Waals surface area contributed by atoms with Crippen LogP contribution in [0.1, 0.15) is 31.0 Å². The number of hydrogen-bond acceptors (Lipinski definition) is 6. The predicted octanol–water partition coefficient (Wildman–Crippen LogP) is 3.33. The molecule has 2 saturated heterocycles. The fraction of sp³-hybridized carbons (Fsp3) is 0.429. The number of aromatic nitrogens is 3. The van der Waals surface area contributed by atoms with Gasteiger partial charge in [0.1, 0.15) is 17.5 Å². The molecule has 11 heteroatoms. The number of carbonyl (C=O) groups excluding carboxylic acids is 1. The average molecular weight is 558 g/mol. The zero-order valence-electron chi connectivity index (χ0n) is 21.9. The average Bonchev–Trinajstić information content (AvgIpc) is 3.33. The molecule has 2 fully saturated rings. The molecule has 206 valence electrons. The first kappa shape index (κ1) is 27.2. The van der Waals surface area contributed by atoms with Crippen LogP contribution in [0.3, 0.4) is 0 Å². The number of nitrogens with zero attached hydrogens (tertiary/aromatic N) is 5. The van der Waals surface area contributed by atoms with E-state index in [-0.39, 0.29) is 66.0 Å². The van der Waals surface area contributed by atoms with Crippen molar-refractivity contribution in [2.45, 2.75) is 25.4 Å². The summed E-state index contributed by atoms with van der Waals surface area (Å²) in [5, 5.41) is 16.2. The molecule has 5 rings (SSSR count). The SMILES string of the molecule is CC1CN(C(=O)C2CN(c3ccc(=O)n(C)n3)CC2c2ncc(Cl)cc2F)CC(C)C1(O)c1ccc(F)cc1. The maximum absolute atomic E-state index is 15.1. The van der Waals surface area contributed by atoms with Crippen LogP contribution in [-0.2, 0) is 17.4 Å². The molecule has 39 heavy (non-hydrogen) atoms. The number of benzene rings is 1. The molecule has 3 aromatic rings. The topological polar surface area (TPSA) is 91.6 Å². The number of hydrogen-bond donors (Lipinski definition) is 1. The first-order valence-corrected chi connectivity index (χ1v) is 13.2. The van der Waals surface area contributed by atoms with Crippen LogP contribution in [0.25, 0.3) is 0 Å². The number of carbonyl (C=O) groups is 1. The fourth-order valence-electron chi connectivity index (χ4n) is 6.07. The smallest absolute Gasteiger partial charge is 0.266 e. The van der Waals surface area contributed by atoms with Gasteiger partial charge in [-0.3, -0.25) is 14.6 Å². The highest BCUT2D eigenvalue weighted by atomic mass is 35.5. The summed E-state index contributed by atoms with van der Waals surface area (Å²) in [6, 6.07) is 9.99. The molecule has 2 aliphatic heterocycles. The Morgan fingerprint density at radius 2 is 1.72 bits per heavy atom. The van der Waals surface area contributed by atoms with Gasteiger partial charge in [-0.1, -0.05) is 37.6 Å². The highest BCUT2D eigenvalue weighted by molar-refractivity contribution is 6.30. The van der Waals surface area contributed by atoms with E-state index in [4.69, 9.17) is 11.6 Å². The molecule has 1 aromatic carbocycles. The molecule has 1 amide bonds. The van der Waals surface area contributed by atoms with E-state index in [0.29, 0.717) is 11.4 Å². The summed E-state index contributed by atoms with van der Waals surface area (Å²) in [5.74, 6) is -2.58. The third-order valence-corrected chi connectivity index (χ3v) is 8.41. The molecule has 0 bridgehead atoms. The van der Waals surface area contributed by atoms with E-state index in [2.05, 4.69) is 10.1 Å². The Balaban J connectivity index is 1.44. The quantitative estimate of drug-likeness (QED) is 0.529. The van der Waals surface area contributed by atoms with Gasteiger partial charge < -0.3 is 14.9 Å². The molecule has 0 saturated carbocycles. The van der Waals surface area contributed by atoms with Gasteiger partial charge in [0.2, 0.25) is 5.91 Å². The summed E-state index contributed by atoms with van der Waals surface area (Å²) < 4.78 is 29.8. The largest absolute Gasteiger partial charge is 0.384 e. The summed E-state index contributed by atoms with van der Waals surface area (Å²) in [7, 11) is 1.54. The first-order chi connectivity index (χ1) is 18.5. The number of aryl methyl sites for hydroxylation is 1. The minimum Gasteiger partial charge on any atom is -0.384 e. The summed E-state index contributed by atoms with van der Waals surface area (Å²) in [6.45, 7) is 4.80. The van der Waals surface area contributed by atoms with Gasteiger partial charge in [0, 0.05) is 63.2 Å².